The first-order chi connectivity index (χ1) is 12.7. The van der Waals surface area contributed by atoms with Gasteiger partial charge in [0.25, 0.3) is 0 Å². The lowest BCUT2D eigenvalue weighted by Crippen LogP contribution is -2.50. The van der Waals surface area contributed by atoms with Crippen LogP contribution in [0.15, 0.2) is 18.2 Å². The fraction of sp³-hybridized carbons (Fsp3) is 0.619. The smallest absolute Gasteiger partial charge is 0.243 e. The standard InChI is InChI=1S/C21H27N3O2/c25-20-6-5-19(21(26)22-20)24-12-16-4-3-14(10-17(16)13-24)15-7-9-23-8-1-2-18(23)11-15/h3-4,10,15,18-19H,1-2,5-9,11-13H2,(H,22,25,26). The van der Waals surface area contributed by atoms with Gasteiger partial charge in [-0.3, -0.25) is 19.8 Å². The number of carbonyl (C=O) groups is 2. The summed E-state index contributed by atoms with van der Waals surface area (Å²) in [6.45, 7) is 4.19. The highest BCUT2D eigenvalue weighted by molar-refractivity contribution is 6.00. The molecule has 0 spiro atoms. The molecule has 4 aliphatic heterocycles. The van der Waals surface area contributed by atoms with Gasteiger partial charge in [0.1, 0.15) is 0 Å². The van der Waals surface area contributed by atoms with Gasteiger partial charge < -0.3 is 4.90 Å². The normalized spacial score (nSPS) is 32.4. The van der Waals surface area contributed by atoms with E-state index in [-0.39, 0.29) is 17.9 Å². The number of rotatable bonds is 2. The lowest BCUT2D eigenvalue weighted by molar-refractivity contribution is -0.137. The Labute approximate surface area is 154 Å². The highest BCUT2D eigenvalue weighted by Gasteiger charge is 2.36. The molecule has 138 valence electrons. The minimum atomic E-state index is -0.162. The summed E-state index contributed by atoms with van der Waals surface area (Å²) in [5.41, 5.74) is 4.21. The maximum absolute atomic E-state index is 12.2. The van der Waals surface area contributed by atoms with Gasteiger partial charge in [0.05, 0.1) is 6.04 Å². The molecule has 0 saturated carbocycles. The second kappa shape index (κ2) is 6.46. The molecular weight excluding hydrogens is 326 g/mol. The number of nitrogens with one attached hydrogen (secondary N) is 1. The van der Waals surface area contributed by atoms with Gasteiger partial charge in [-0.15, -0.1) is 0 Å². The zero-order chi connectivity index (χ0) is 17.7. The van der Waals surface area contributed by atoms with Crippen molar-refractivity contribution in [2.24, 2.45) is 0 Å². The molecule has 26 heavy (non-hydrogen) atoms. The fourth-order valence-corrected chi connectivity index (χ4v) is 5.47. The Bertz CT molecular complexity index is 747. The Kier molecular flexibility index (Phi) is 4.09. The molecule has 3 atom stereocenters. The summed E-state index contributed by atoms with van der Waals surface area (Å²) in [6.07, 6.45) is 6.40. The van der Waals surface area contributed by atoms with Crippen molar-refractivity contribution in [3.05, 3.63) is 34.9 Å². The van der Waals surface area contributed by atoms with Crippen molar-refractivity contribution in [1.82, 2.24) is 15.1 Å². The van der Waals surface area contributed by atoms with Crippen molar-refractivity contribution in [2.45, 2.75) is 69.6 Å². The van der Waals surface area contributed by atoms with Crippen LogP contribution in [0.5, 0.6) is 0 Å². The van der Waals surface area contributed by atoms with Crippen LogP contribution in [-0.2, 0) is 22.7 Å². The van der Waals surface area contributed by atoms with Gasteiger partial charge >= 0.3 is 0 Å². The van der Waals surface area contributed by atoms with Crippen molar-refractivity contribution in [2.75, 3.05) is 13.1 Å². The molecule has 2 amide bonds. The Morgan fingerprint density at radius 3 is 2.73 bits per heavy atom. The predicted molar refractivity (Wildman–Crippen MR) is 98.4 cm³/mol. The summed E-state index contributed by atoms with van der Waals surface area (Å²) in [4.78, 5) is 28.5. The van der Waals surface area contributed by atoms with E-state index in [4.69, 9.17) is 0 Å². The fourth-order valence-electron chi connectivity index (χ4n) is 5.47. The van der Waals surface area contributed by atoms with Gasteiger partial charge in [-0.05, 0) is 67.8 Å². The predicted octanol–water partition coefficient (Wildman–Crippen LogP) is 2.15. The van der Waals surface area contributed by atoms with Gasteiger partial charge in [-0.2, -0.15) is 0 Å². The maximum atomic E-state index is 12.2. The number of imide groups is 1. The van der Waals surface area contributed by atoms with Crippen molar-refractivity contribution < 1.29 is 9.59 Å². The molecule has 3 fully saturated rings. The van der Waals surface area contributed by atoms with E-state index in [1.165, 1.54) is 55.5 Å². The summed E-state index contributed by atoms with van der Waals surface area (Å²) in [6, 6.07) is 7.63. The summed E-state index contributed by atoms with van der Waals surface area (Å²) in [7, 11) is 0. The maximum Gasteiger partial charge on any atom is 0.243 e. The molecule has 0 bridgehead atoms. The van der Waals surface area contributed by atoms with Crippen molar-refractivity contribution in [3.63, 3.8) is 0 Å². The molecule has 0 radical (unpaired) electrons. The minimum absolute atomic E-state index is 0.122. The number of fused-ring (bicyclic) bond motifs is 2. The minimum Gasteiger partial charge on any atom is -0.300 e. The van der Waals surface area contributed by atoms with Gasteiger partial charge in [0, 0.05) is 25.6 Å². The Morgan fingerprint density at radius 2 is 1.85 bits per heavy atom. The highest BCUT2D eigenvalue weighted by atomic mass is 16.2. The highest BCUT2D eigenvalue weighted by Crippen LogP contribution is 2.38. The first-order valence-corrected chi connectivity index (χ1v) is 10.1. The average Bonchev–Trinajstić information content (AvgIpc) is 3.26. The number of benzene rings is 1. The van der Waals surface area contributed by atoms with Crippen molar-refractivity contribution in [3.8, 4) is 0 Å². The largest absolute Gasteiger partial charge is 0.300 e. The Hall–Kier alpha value is -1.72. The van der Waals surface area contributed by atoms with E-state index in [9.17, 15) is 9.59 Å². The van der Waals surface area contributed by atoms with Crippen LogP contribution in [0.3, 0.4) is 0 Å². The monoisotopic (exact) mass is 353 g/mol. The first-order valence-electron chi connectivity index (χ1n) is 10.1. The van der Waals surface area contributed by atoms with E-state index in [0.717, 1.165) is 19.1 Å². The number of carbonyl (C=O) groups excluding carboxylic acids is 2. The third-order valence-corrected chi connectivity index (χ3v) is 6.92. The number of nitrogens with zero attached hydrogens (tertiary/aromatic N) is 2. The molecule has 4 aliphatic rings. The summed E-state index contributed by atoms with van der Waals surface area (Å²) >= 11 is 0. The summed E-state index contributed by atoms with van der Waals surface area (Å²) < 4.78 is 0. The van der Waals surface area contributed by atoms with Crippen LogP contribution in [0.25, 0.3) is 0 Å². The molecule has 1 aromatic carbocycles. The zero-order valence-corrected chi connectivity index (χ0v) is 15.2. The number of hydrogen-bond acceptors (Lipinski definition) is 4. The van der Waals surface area contributed by atoms with Gasteiger partial charge in [0.15, 0.2) is 0 Å². The van der Waals surface area contributed by atoms with Crippen molar-refractivity contribution >= 4 is 11.8 Å². The quantitative estimate of drug-likeness (QED) is 0.828. The van der Waals surface area contributed by atoms with Crippen LogP contribution >= 0.6 is 0 Å². The first kappa shape index (κ1) is 16.5. The molecule has 0 aliphatic carbocycles. The molecule has 5 rings (SSSR count). The Morgan fingerprint density at radius 1 is 0.962 bits per heavy atom. The third kappa shape index (κ3) is 2.87. The third-order valence-electron chi connectivity index (χ3n) is 6.92. The lowest BCUT2D eigenvalue weighted by atomic mass is 9.84. The second-order valence-electron chi connectivity index (χ2n) is 8.45. The van der Waals surface area contributed by atoms with Crippen LogP contribution in [-0.4, -0.2) is 46.8 Å². The van der Waals surface area contributed by atoms with E-state index < -0.39 is 0 Å². The van der Waals surface area contributed by atoms with E-state index in [1.807, 2.05) is 0 Å². The number of hydrogen-bond donors (Lipinski definition) is 1. The molecule has 0 aromatic heterocycles. The number of piperidine rings is 2. The Balaban J connectivity index is 1.30. The topological polar surface area (TPSA) is 52.7 Å². The summed E-state index contributed by atoms with van der Waals surface area (Å²) in [5, 5.41) is 2.49. The van der Waals surface area contributed by atoms with E-state index in [0.29, 0.717) is 18.8 Å². The van der Waals surface area contributed by atoms with Crippen LogP contribution in [0, 0.1) is 0 Å². The van der Waals surface area contributed by atoms with Gasteiger partial charge in [-0.25, -0.2) is 0 Å². The SMILES string of the molecule is O=C1CCC(N2Cc3ccc(C4CCN5CCCC5C4)cc3C2)C(=O)N1. The van der Waals surface area contributed by atoms with Crippen molar-refractivity contribution in [1.29, 1.82) is 0 Å². The zero-order valence-electron chi connectivity index (χ0n) is 15.2. The molecule has 5 nitrogen and oxygen atoms in total. The van der Waals surface area contributed by atoms with E-state index in [1.54, 1.807) is 0 Å². The molecule has 1 N–H and O–H groups in total. The van der Waals surface area contributed by atoms with E-state index >= 15 is 0 Å². The molecule has 3 saturated heterocycles. The lowest BCUT2D eigenvalue weighted by Gasteiger charge is -2.35. The number of amides is 2. The van der Waals surface area contributed by atoms with Gasteiger partial charge in [0.2, 0.25) is 11.8 Å². The van der Waals surface area contributed by atoms with Crippen LogP contribution < -0.4 is 5.32 Å². The van der Waals surface area contributed by atoms with E-state index in [2.05, 4.69) is 33.3 Å². The van der Waals surface area contributed by atoms with Crippen LogP contribution in [0.2, 0.25) is 0 Å². The second-order valence-corrected chi connectivity index (χ2v) is 8.45. The average molecular weight is 353 g/mol. The molecular formula is C21H27N3O2. The molecule has 4 heterocycles. The molecule has 3 unspecified atom stereocenters. The van der Waals surface area contributed by atoms with Gasteiger partial charge in [-0.1, -0.05) is 18.2 Å². The van der Waals surface area contributed by atoms with Crippen LogP contribution in [0.4, 0.5) is 0 Å². The summed E-state index contributed by atoms with van der Waals surface area (Å²) in [5.74, 6) is 0.427. The molecule has 5 heteroatoms. The molecule has 1 aromatic rings. The van der Waals surface area contributed by atoms with Crippen LogP contribution in [0.1, 0.15) is 61.1 Å².